The van der Waals surface area contributed by atoms with Gasteiger partial charge in [-0.2, -0.15) is 4.80 Å². The third-order valence-electron chi connectivity index (χ3n) is 4.61. The number of nitrogens with zero attached hydrogens (tertiary/aromatic N) is 5. The number of piperidine rings is 1. The monoisotopic (exact) mass is 389 g/mol. The number of aryl methyl sites for hydroxylation is 1. The zero-order valence-electron chi connectivity index (χ0n) is 15.6. The normalized spacial score (nSPS) is 17.6. The van der Waals surface area contributed by atoms with Crippen LogP contribution in [0.15, 0.2) is 24.3 Å². The van der Waals surface area contributed by atoms with Crippen LogP contribution in [0.2, 0.25) is 5.02 Å². The molecule has 3 rings (SSSR count). The topological polar surface area (TPSA) is 73.1 Å². The highest BCUT2D eigenvalue weighted by molar-refractivity contribution is 6.30. The predicted molar refractivity (Wildman–Crippen MR) is 103 cm³/mol. The number of ether oxygens (including phenoxy) is 1. The molecule has 1 aliphatic rings. The molecule has 1 fully saturated rings. The Labute approximate surface area is 163 Å². The summed E-state index contributed by atoms with van der Waals surface area (Å²) in [6.07, 6.45) is 5.57. The van der Waals surface area contributed by atoms with Gasteiger partial charge in [-0.1, -0.05) is 17.7 Å². The first-order valence-corrected chi connectivity index (χ1v) is 9.41. The molecule has 1 unspecified atom stereocenters. The van der Waals surface area contributed by atoms with Crippen molar-refractivity contribution in [1.29, 1.82) is 0 Å². The second kappa shape index (κ2) is 9.10. The van der Waals surface area contributed by atoms with E-state index in [1.165, 1.54) is 4.80 Å². The quantitative estimate of drug-likeness (QED) is 0.710. The summed E-state index contributed by atoms with van der Waals surface area (Å²) in [6.45, 7) is 4.45. The molecule has 7 nitrogen and oxygen atoms in total. The molecule has 1 aromatic heterocycles. The van der Waals surface area contributed by atoms with Crippen molar-refractivity contribution in [2.75, 3.05) is 26.8 Å². The Morgan fingerprint density at radius 2 is 2.30 bits per heavy atom. The van der Waals surface area contributed by atoms with Crippen LogP contribution in [0.5, 0.6) is 0 Å². The lowest BCUT2D eigenvalue weighted by Gasteiger charge is -2.31. The first-order chi connectivity index (χ1) is 13.0. The molecule has 2 aromatic rings. The summed E-state index contributed by atoms with van der Waals surface area (Å²) in [5.41, 5.74) is 1.84. The van der Waals surface area contributed by atoms with Crippen molar-refractivity contribution in [3.8, 4) is 0 Å². The molecule has 27 heavy (non-hydrogen) atoms. The maximum Gasteiger partial charge on any atom is 0.246 e. The molecule has 0 saturated carbocycles. The number of halogens is 1. The van der Waals surface area contributed by atoms with Gasteiger partial charge in [0.05, 0.1) is 13.2 Å². The average molecular weight is 390 g/mol. The maximum atomic E-state index is 12.6. The fourth-order valence-electron chi connectivity index (χ4n) is 3.32. The van der Waals surface area contributed by atoms with Crippen molar-refractivity contribution in [2.24, 2.45) is 5.92 Å². The van der Waals surface area contributed by atoms with E-state index in [9.17, 15) is 4.79 Å². The number of carbonyl (C=O) groups excluding carboxylic acids is 1. The molecule has 0 radical (unpaired) electrons. The van der Waals surface area contributed by atoms with E-state index in [0.717, 1.165) is 37.1 Å². The minimum Gasteiger partial charge on any atom is -0.384 e. The molecule has 2 heterocycles. The summed E-state index contributed by atoms with van der Waals surface area (Å²) in [4.78, 5) is 16.0. The number of tetrazole rings is 1. The van der Waals surface area contributed by atoms with Gasteiger partial charge in [0.15, 0.2) is 5.82 Å². The van der Waals surface area contributed by atoms with Gasteiger partial charge in [-0.05, 0) is 60.2 Å². The third kappa shape index (κ3) is 5.37. The smallest absolute Gasteiger partial charge is 0.246 e. The number of hydrogen-bond donors (Lipinski definition) is 0. The van der Waals surface area contributed by atoms with Crippen molar-refractivity contribution in [3.63, 3.8) is 0 Å². The molecule has 1 saturated heterocycles. The molecule has 1 aromatic carbocycles. The predicted octanol–water partition coefficient (Wildman–Crippen LogP) is 2.58. The van der Waals surface area contributed by atoms with Gasteiger partial charge in [0.2, 0.25) is 5.91 Å². The summed E-state index contributed by atoms with van der Waals surface area (Å²) >= 11 is 6.14. The summed E-state index contributed by atoms with van der Waals surface area (Å²) in [5.74, 6) is 1.04. The molecule has 1 aliphatic heterocycles. The Morgan fingerprint density at radius 1 is 1.44 bits per heavy atom. The summed E-state index contributed by atoms with van der Waals surface area (Å²) < 4.78 is 5.24. The Morgan fingerprint density at radius 3 is 3.04 bits per heavy atom. The molecule has 0 N–H and O–H groups in total. The average Bonchev–Trinajstić information content (AvgIpc) is 3.06. The van der Waals surface area contributed by atoms with Gasteiger partial charge in [0.25, 0.3) is 0 Å². The molecule has 144 valence electrons. The number of hydrogen-bond acceptors (Lipinski definition) is 5. The van der Waals surface area contributed by atoms with Crippen molar-refractivity contribution < 1.29 is 9.53 Å². The van der Waals surface area contributed by atoms with Crippen LogP contribution in [0.1, 0.15) is 29.8 Å². The van der Waals surface area contributed by atoms with Crippen LogP contribution in [-0.2, 0) is 16.1 Å². The number of aromatic nitrogens is 4. The van der Waals surface area contributed by atoms with E-state index in [0.29, 0.717) is 29.9 Å². The molecular formula is C19H24ClN5O2. The van der Waals surface area contributed by atoms with Crippen LogP contribution in [0.4, 0.5) is 0 Å². The van der Waals surface area contributed by atoms with Crippen LogP contribution >= 0.6 is 11.6 Å². The van der Waals surface area contributed by atoms with Crippen LogP contribution in [0.3, 0.4) is 0 Å². The van der Waals surface area contributed by atoms with E-state index in [1.54, 1.807) is 20.1 Å². The van der Waals surface area contributed by atoms with Gasteiger partial charge in [-0.15, -0.1) is 10.2 Å². The van der Waals surface area contributed by atoms with Gasteiger partial charge in [-0.3, -0.25) is 4.79 Å². The first kappa shape index (κ1) is 19.5. The minimum atomic E-state index is 0.0198. The SMILES string of the molecule is COCC1CCCN(C(=O)C=Cc2ccc(Cl)cc2Cn2nnc(C)n2)C1. The highest BCUT2D eigenvalue weighted by Gasteiger charge is 2.22. The first-order valence-electron chi connectivity index (χ1n) is 9.04. The lowest BCUT2D eigenvalue weighted by molar-refractivity contribution is -0.128. The molecule has 0 aliphatic carbocycles. The molecule has 8 heteroatoms. The van der Waals surface area contributed by atoms with Gasteiger partial charge in [0.1, 0.15) is 0 Å². The van der Waals surface area contributed by atoms with E-state index in [-0.39, 0.29) is 5.91 Å². The van der Waals surface area contributed by atoms with Gasteiger partial charge in [0, 0.05) is 31.3 Å². The fourth-order valence-corrected chi connectivity index (χ4v) is 3.51. The molecule has 0 bridgehead atoms. The lowest BCUT2D eigenvalue weighted by Crippen LogP contribution is -2.40. The van der Waals surface area contributed by atoms with Crippen LogP contribution in [0.25, 0.3) is 6.08 Å². The van der Waals surface area contributed by atoms with E-state index in [4.69, 9.17) is 16.3 Å². The van der Waals surface area contributed by atoms with Gasteiger partial charge < -0.3 is 9.64 Å². The Kier molecular flexibility index (Phi) is 6.58. The van der Waals surface area contributed by atoms with Crippen molar-refractivity contribution in [2.45, 2.75) is 26.3 Å². The number of rotatable bonds is 6. The van der Waals surface area contributed by atoms with Crippen LogP contribution in [0, 0.1) is 12.8 Å². The number of carbonyl (C=O) groups is 1. The number of likely N-dealkylation sites (tertiary alicyclic amines) is 1. The Hall–Kier alpha value is -2.25. The second-order valence-corrected chi connectivity index (χ2v) is 7.23. The van der Waals surface area contributed by atoms with Crippen molar-refractivity contribution in [1.82, 2.24) is 25.1 Å². The third-order valence-corrected chi connectivity index (χ3v) is 4.84. The largest absolute Gasteiger partial charge is 0.384 e. The highest BCUT2D eigenvalue weighted by atomic mass is 35.5. The summed E-state index contributed by atoms with van der Waals surface area (Å²) in [6, 6.07) is 5.57. The summed E-state index contributed by atoms with van der Waals surface area (Å²) in [5, 5.41) is 12.7. The van der Waals surface area contributed by atoms with Crippen LogP contribution < -0.4 is 0 Å². The number of methoxy groups -OCH3 is 1. The highest BCUT2D eigenvalue weighted by Crippen LogP contribution is 2.20. The van der Waals surface area contributed by atoms with Gasteiger partial charge >= 0.3 is 0 Å². The van der Waals surface area contributed by atoms with Crippen molar-refractivity contribution in [3.05, 3.63) is 46.2 Å². The Bertz CT molecular complexity index is 818. The standard InChI is InChI=1S/C19H24ClN5O2/c1-14-21-23-25(22-14)12-17-10-18(20)7-5-16(17)6-8-19(26)24-9-3-4-15(11-24)13-27-2/h5-8,10,15H,3-4,9,11-13H2,1-2H3. The van der Waals surface area contributed by atoms with Gasteiger partial charge in [-0.25, -0.2) is 0 Å². The molecule has 0 spiro atoms. The minimum absolute atomic E-state index is 0.0198. The van der Waals surface area contributed by atoms with E-state index >= 15 is 0 Å². The van der Waals surface area contributed by atoms with E-state index in [2.05, 4.69) is 15.4 Å². The number of amides is 1. The van der Waals surface area contributed by atoms with E-state index < -0.39 is 0 Å². The zero-order chi connectivity index (χ0) is 19.2. The number of benzene rings is 1. The lowest BCUT2D eigenvalue weighted by atomic mass is 9.99. The summed E-state index contributed by atoms with van der Waals surface area (Å²) in [7, 11) is 1.70. The molecular weight excluding hydrogens is 366 g/mol. The molecule has 1 atom stereocenters. The fraction of sp³-hybridized carbons (Fsp3) is 0.474. The van der Waals surface area contributed by atoms with E-state index in [1.807, 2.05) is 29.2 Å². The van der Waals surface area contributed by atoms with Crippen LogP contribution in [-0.4, -0.2) is 57.8 Å². The maximum absolute atomic E-state index is 12.6. The Balaban J connectivity index is 1.71. The molecule has 1 amide bonds. The second-order valence-electron chi connectivity index (χ2n) is 6.79. The zero-order valence-corrected chi connectivity index (χ0v) is 16.4. The van der Waals surface area contributed by atoms with Crippen molar-refractivity contribution >= 4 is 23.6 Å².